The summed E-state index contributed by atoms with van der Waals surface area (Å²) in [4.78, 5) is 19.8. The Morgan fingerprint density at radius 3 is 2.42 bits per heavy atom. The van der Waals surface area contributed by atoms with Crippen molar-refractivity contribution in [3.05, 3.63) is 47.4 Å². The first-order valence-electron chi connectivity index (χ1n) is 5.84. The van der Waals surface area contributed by atoms with Crippen molar-refractivity contribution in [2.24, 2.45) is 0 Å². The molecule has 2 aromatic rings. The fourth-order valence-electron chi connectivity index (χ4n) is 1.82. The van der Waals surface area contributed by atoms with Gasteiger partial charge in [0.1, 0.15) is 12.0 Å². The molecule has 1 aromatic carbocycles. The molecule has 0 saturated heterocycles. The van der Waals surface area contributed by atoms with Crippen LogP contribution in [0.25, 0.3) is 0 Å². The molecule has 0 aliphatic carbocycles. The van der Waals surface area contributed by atoms with Crippen LogP contribution in [0.4, 0.5) is 5.69 Å². The maximum Gasteiger partial charge on any atom is 0.274 e. The van der Waals surface area contributed by atoms with Gasteiger partial charge < -0.3 is 10.1 Å². The third kappa shape index (κ3) is 3.28. The Morgan fingerprint density at radius 2 is 1.79 bits per heavy atom. The molecule has 0 bridgehead atoms. The summed E-state index contributed by atoms with van der Waals surface area (Å²) in [5, 5.41) is 2.81. The van der Waals surface area contributed by atoms with Crippen LogP contribution in [0.15, 0.2) is 30.6 Å². The standard InChI is InChI=1S/C14H15N3O2/c1-9-4-10(2)6-11(5-9)17-14(18)12-7-13(19-3)16-8-15-12/h4-8H,1-3H3,(H,17,18). The number of amides is 1. The van der Waals surface area contributed by atoms with Gasteiger partial charge in [0, 0.05) is 11.8 Å². The minimum absolute atomic E-state index is 0.269. The normalized spacial score (nSPS) is 10.1. The molecular formula is C14H15N3O2. The third-order valence-electron chi connectivity index (χ3n) is 2.56. The number of ether oxygens (including phenoxy) is 1. The molecule has 5 nitrogen and oxygen atoms in total. The molecule has 1 aromatic heterocycles. The molecule has 1 amide bonds. The van der Waals surface area contributed by atoms with Gasteiger partial charge in [0.05, 0.1) is 7.11 Å². The quantitative estimate of drug-likeness (QED) is 0.916. The zero-order valence-corrected chi connectivity index (χ0v) is 11.1. The smallest absolute Gasteiger partial charge is 0.274 e. The van der Waals surface area contributed by atoms with Crippen LogP contribution >= 0.6 is 0 Å². The lowest BCUT2D eigenvalue weighted by atomic mass is 10.1. The minimum Gasteiger partial charge on any atom is -0.481 e. The molecule has 0 aliphatic rings. The lowest BCUT2D eigenvalue weighted by Crippen LogP contribution is -2.14. The number of aromatic nitrogens is 2. The third-order valence-corrected chi connectivity index (χ3v) is 2.56. The largest absolute Gasteiger partial charge is 0.481 e. The highest BCUT2D eigenvalue weighted by molar-refractivity contribution is 6.03. The van der Waals surface area contributed by atoms with Crippen LogP contribution < -0.4 is 10.1 Å². The number of methoxy groups -OCH3 is 1. The predicted octanol–water partition coefficient (Wildman–Crippen LogP) is 2.35. The van der Waals surface area contributed by atoms with Gasteiger partial charge in [-0.2, -0.15) is 0 Å². The molecule has 98 valence electrons. The highest BCUT2D eigenvalue weighted by Crippen LogP contribution is 2.15. The summed E-state index contributed by atoms with van der Waals surface area (Å²) >= 11 is 0. The van der Waals surface area contributed by atoms with E-state index in [0.717, 1.165) is 16.8 Å². The van der Waals surface area contributed by atoms with Gasteiger partial charge in [0.25, 0.3) is 5.91 Å². The first-order chi connectivity index (χ1) is 9.08. The van der Waals surface area contributed by atoms with E-state index in [-0.39, 0.29) is 11.6 Å². The molecule has 0 saturated carbocycles. The molecule has 0 atom stereocenters. The van der Waals surface area contributed by atoms with Crippen molar-refractivity contribution in [2.75, 3.05) is 12.4 Å². The number of anilines is 1. The number of hydrogen-bond donors (Lipinski definition) is 1. The van der Waals surface area contributed by atoms with Gasteiger partial charge in [-0.15, -0.1) is 0 Å². The average Bonchev–Trinajstić information content (AvgIpc) is 2.37. The summed E-state index contributed by atoms with van der Waals surface area (Å²) in [7, 11) is 1.49. The minimum atomic E-state index is -0.286. The lowest BCUT2D eigenvalue weighted by Gasteiger charge is -2.07. The number of aryl methyl sites for hydroxylation is 2. The molecule has 1 N–H and O–H groups in total. The summed E-state index contributed by atoms with van der Waals surface area (Å²) in [5.41, 5.74) is 3.21. The van der Waals surface area contributed by atoms with Crippen LogP contribution in [0, 0.1) is 13.8 Å². The summed E-state index contributed by atoms with van der Waals surface area (Å²) in [6, 6.07) is 7.36. The molecule has 0 radical (unpaired) electrons. The maximum atomic E-state index is 12.0. The molecular weight excluding hydrogens is 242 g/mol. The van der Waals surface area contributed by atoms with E-state index in [4.69, 9.17) is 4.74 Å². The Labute approximate surface area is 111 Å². The Balaban J connectivity index is 2.20. The fraction of sp³-hybridized carbons (Fsp3) is 0.214. The van der Waals surface area contributed by atoms with Crippen LogP contribution in [0.1, 0.15) is 21.6 Å². The van der Waals surface area contributed by atoms with E-state index < -0.39 is 0 Å². The maximum absolute atomic E-state index is 12.0. The second-order valence-corrected chi connectivity index (χ2v) is 4.28. The van der Waals surface area contributed by atoms with E-state index in [1.54, 1.807) is 0 Å². The SMILES string of the molecule is COc1cc(C(=O)Nc2cc(C)cc(C)c2)ncn1. The second-order valence-electron chi connectivity index (χ2n) is 4.28. The number of nitrogens with zero attached hydrogens (tertiary/aromatic N) is 2. The van der Waals surface area contributed by atoms with E-state index in [1.165, 1.54) is 19.5 Å². The summed E-state index contributed by atoms with van der Waals surface area (Å²) in [6.45, 7) is 3.97. The average molecular weight is 257 g/mol. The van der Waals surface area contributed by atoms with E-state index in [2.05, 4.69) is 15.3 Å². The van der Waals surface area contributed by atoms with Gasteiger partial charge in [-0.05, 0) is 37.1 Å². The van der Waals surface area contributed by atoms with Gasteiger partial charge in [-0.25, -0.2) is 9.97 Å². The summed E-state index contributed by atoms with van der Waals surface area (Å²) < 4.78 is 4.96. The molecule has 19 heavy (non-hydrogen) atoms. The predicted molar refractivity (Wildman–Crippen MR) is 72.5 cm³/mol. The van der Waals surface area contributed by atoms with E-state index in [0.29, 0.717) is 5.88 Å². The molecule has 0 spiro atoms. The topological polar surface area (TPSA) is 64.1 Å². The van der Waals surface area contributed by atoms with Crippen molar-refractivity contribution in [3.8, 4) is 5.88 Å². The summed E-state index contributed by atoms with van der Waals surface area (Å²) in [6.07, 6.45) is 1.30. The van der Waals surface area contributed by atoms with Crippen molar-refractivity contribution in [1.29, 1.82) is 0 Å². The molecule has 0 aliphatic heterocycles. The van der Waals surface area contributed by atoms with Gasteiger partial charge >= 0.3 is 0 Å². The summed E-state index contributed by atoms with van der Waals surface area (Å²) in [5.74, 6) is 0.0753. The van der Waals surface area contributed by atoms with Crippen LogP contribution in [-0.2, 0) is 0 Å². The van der Waals surface area contributed by atoms with E-state index in [9.17, 15) is 4.79 Å². The van der Waals surface area contributed by atoms with Crippen LogP contribution in [0.5, 0.6) is 5.88 Å². The van der Waals surface area contributed by atoms with E-state index in [1.807, 2.05) is 32.0 Å². The first-order valence-corrected chi connectivity index (χ1v) is 5.84. The molecule has 1 heterocycles. The van der Waals surface area contributed by atoms with Gasteiger partial charge in [0.2, 0.25) is 5.88 Å². The molecule has 0 fully saturated rings. The van der Waals surface area contributed by atoms with Gasteiger partial charge in [-0.1, -0.05) is 6.07 Å². The molecule has 5 heteroatoms. The van der Waals surface area contributed by atoms with Crippen molar-refractivity contribution in [2.45, 2.75) is 13.8 Å². The number of benzene rings is 1. The van der Waals surface area contributed by atoms with Crippen LogP contribution in [0.2, 0.25) is 0 Å². The molecule has 2 rings (SSSR count). The van der Waals surface area contributed by atoms with Gasteiger partial charge in [-0.3, -0.25) is 4.79 Å². The number of carbonyl (C=O) groups is 1. The molecule has 0 unspecified atom stereocenters. The van der Waals surface area contributed by atoms with Crippen molar-refractivity contribution < 1.29 is 9.53 Å². The van der Waals surface area contributed by atoms with E-state index >= 15 is 0 Å². The zero-order valence-electron chi connectivity index (χ0n) is 11.1. The first kappa shape index (κ1) is 13.0. The Hall–Kier alpha value is -2.43. The van der Waals surface area contributed by atoms with Gasteiger partial charge in [0.15, 0.2) is 0 Å². The monoisotopic (exact) mass is 257 g/mol. The lowest BCUT2D eigenvalue weighted by molar-refractivity contribution is 0.102. The Morgan fingerprint density at radius 1 is 1.11 bits per heavy atom. The van der Waals surface area contributed by atoms with Crippen LogP contribution in [0.3, 0.4) is 0 Å². The number of rotatable bonds is 3. The second kappa shape index (κ2) is 5.48. The highest BCUT2D eigenvalue weighted by atomic mass is 16.5. The number of carbonyl (C=O) groups excluding carboxylic acids is 1. The highest BCUT2D eigenvalue weighted by Gasteiger charge is 2.09. The number of nitrogens with one attached hydrogen (secondary N) is 1. The fourth-order valence-corrected chi connectivity index (χ4v) is 1.82. The zero-order chi connectivity index (χ0) is 13.8. The van der Waals surface area contributed by atoms with Crippen molar-refractivity contribution in [3.63, 3.8) is 0 Å². The van der Waals surface area contributed by atoms with Crippen molar-refractivity contribution >= 4 is 11.6 Å². The van der Waals surface area contributed by atoms with Crippen LogP contribution in [-0.4, -0.2) is 23.0 Å². The Kier molecular flexibility index (Phi) is 3.75. The number of hydrogen-bond acceptors (Lipinski definition) is 4. The van der Waals surface area contributed by atoms with Crippen molar-refractivity contribution in [1.82, 2.24) is 9.97 Å². The Bertz CT molecular complexity index is 591.